The van der Waals surface area contributed by atoms with Crippen LogP contribution in [0.3, 0.4) is 0 Å². The van der Waals surface area contributed by atoms with E-state index >= 15 is 0 Å². The van der Waals surface area contributed by atoms with E-state index in [9.17, 15) is 13.2 Å². The van der Waals surface area contributed by atoms with Gasteiger partial charge < -0.3 is 5.32 Å². The lowest BCUT2D eigenvalue weighted by Gasteiger charge is -2.25. The summed E-state index contributed by atoms with van der Waals surface area (Å²) in [5.41, 5.74) is 2.58. The van der Waals surface area contributed by atoms with Crippen molar-refractivity contribution in [3.63, 3.8) is 0 Å². The molecule has 0 heterocycles. The van der Waals surface area contributed by atoms with E-state index < -0.39 is 22.5 Å². The lowest BCUT2D eigenvalue weighted by atomic mass is 10.2. The van der Waals surface area contributed by atoms with Crippen LogP contribution < -0.4 is 9.62 Å². The number of thioether (sulfide) groups is 1. The molecule has 0 aromatic heterocycles. The summed E-state index contributed by atoms with van der Waals surface area (Å²) in [6.07, 6.45) is 0. The molecule has 3 aromatic rings. The van der Waals surface area contributed by atoms with Crippen molar-refractivity contribution in [2.75, 3.05) is 23.1 Å². The summed E-state index contributed by atoms with van der Waals surface area (Å²) in [5.74, 6) is 1.10. The van der Waals surface area contributed by atoms with Crippen LogP contribution in [0.2, 0.25) is 10.0 Å². The van der Waals surface area contributed by atoms with Crippen molar-refractivity contribution in [3.8, 4) is 0 Å². The SMILES string of the molecule is Cc1ccc(CSCCNC(=O)CN(c2cccc(Cl)c2Cl)S(=O)(=O)c2ccccc2)cc1. The van der Waals surface area contributed by atoms with Gasteiger partial charge in [-0.2, -0.15) is 11.8 Å². The van der Waals surface area contributed by atoms with Gasteiger partial charge in [-0.15, -0.1) is 0 Å². The van der Waals surface area contributed by atoms with Gasteiger partial charge in [0.1, 0.15) is 6.54 Å². The van der Waals surface area contributed by atoms with Gasteiger partial charge in [-0.3, -0.25) is 9.10 Å². The summed E-state index contributed by atoms with van der Waals surface area (Å²) in [5, 5.41) is 3.07. The molecule has 0 bridgehead atoms. The first-order valence-electron chi connectivity index (χ1n) is 10.2. The minimum absolute atomic E-state index is 0.0579. The first-order chi connectivity index (χ1) is 15.8. The molecular formula is C24H24Cl2N2O3S2. The van der Waals surface area contributed by atoms with Gasteiger partial charge in [0.2, 0.25) is 5.91 Å². The number of benzene rings is 3. The largest absolute Gasteiger partial charge is 0.354 e. The number of nitrogens with one attached hydrogen (secondary N) is 1. The molecule has 1 N–H and O–H groups in total. The molecule has 0 aliphatic heterocycles. The van der Waals surface area contributed by atoms with Crippen molar-refractivity contribution in [3.05, 3.63) is 94.0 Å². The number of hydrogen-bond donors (Lipinski definition) is 1. The predicted molar refractivity (Wildman–Crippen MR) is 138 cm³/mol. The molecule has 5 nitrogen and oxygen atoms in total. The molecule has 0 radical (unpaired) electrons. The van der Waals surface area contributed by atoms with E-state index in [1.807, 2.05) is 6.92 Å². The Morgan fingerprint density at radius 1 is 0.970 bits per heavy atom. The van der Waals surface area contributed by atoms with Crippen molar-refractivity contribution in [1.29, 1.82) is 0 Å². The van der Waals surface area contributed by atoms with Crippen LogP contribution in [0.25, 0.3) is 0 Å². The average Bonchev–Trinajstić information content (AvgIpc) is 2.81. The van der Waals surface area contributed by atoms with E-state index in [2.05, 4.69) is 29.6 Å². The lowest BCUT2D eigenvalue weighted by Crippen LogP contribution is -2.41. The standard InChI is InChI=1S/C24H24Cl2N2O3S2/c1-18-10-12-19(13-11-18)17-32-15-14-27-23(29)16-28(22-9-5-8-21(25)24(22)26)33(30,31)20-6-3-2-4-7-20/h2-13H,14-17H2,1H3,(H,27,29). The highest BCUT2D eigenvalue weighted by Crippen LogP contribution is 2.35. The molecule has 0 fully saturated rings. The van der Waals surface area contributed by atoms with Crippen LogP contribution in [0, 0.1) is 6.92 Å². The van der Waals surface area contributed by atoms with Gasteiger partial charge in [-0.1, -0.05) is 77.3 Å². The van der Waals surface area contributed by atoms with Gasteiger partial charge >= 0.3 is 0 Å². The molecule has 0 spiro atoms. The summed E-state index contributed by atoms with van der Waals surface area (Å²) in [7, 11) is -4.04. The highest BCUT2D eigenvalue weighted by atomic mass is 35.5. The number of amides is 1. The summed E-state index contributed by atoms with van der Waals surface area (Å²) in [6, 6.07) is 20.9. The Balaban J connectivity index is 1.66. The van der Waals surface area contributed by atoms with Crippen LogP contribution in [0.15, 0.2) is 77.7 Å². The molecule has 9 heteroatoms. The molecule has 33 heavy (non-hydrogen) atoms. The van der Waals surface area contributed by atoms with Gasteiger partial charge in [-0.05, 0) is 36.8 Å². The van der Waals surface area contributed by atoms with Gasteiger partial charge in [0.15, 0.2) is 0 Å². The van der Waals surface area contributed by atoms with E-state index in [0.717, 1.165) is 10.1 Å². The molecule has 174 valence electrons. The third-order valence-electron chi connectivity index (χ3n) is 4.78. The van der Waals surface area contributed by atoms with Crippen LogP contribution in [-0.4, -0.2) is 33.2 Å². The van der Waals surface area contributed by atoms with E-state index in [1.54, 1.807) is 42.1 Å². The van der Waals surface area contributed by atoms with E-state index in [1.165, 1.54) is 29.3 Å². The number of sulfonamides is 1. The van der Waals surface area contributed by atoms with Gasteiger partial charge in [-0.25, -0.2) is 8.42 Å². The molecule has 1 amide bonds. The number of anilines is 1. The maximum absolute atomic E-state index is 13.3. The van der Waals surface area contributed by atoms with Crippen LogP contribution >= 0.6 is 35.0 Å². The second-order valence-corrected chi connectivity index (χ2v) is 11.0. The highest BCUT2D eigenvalue weighted by Gasteiger charge is 2.29. The van der Waals surface area contributed by atoms with Gasteiger partial charge in [0.25, 0.3) is 10.0 Å². The van der Waals surface area contributed by atoms with E-state index in [4.69, 9.17) is 23.2 Å². The van der Waals surface area contributed by atoms with Crippen molar-refractivity contribution in [2.24, 2.45) is 0 Å². The van der Waals surface area contributed by atoms with E-state index in [0.29, 0.717) is 12.3 Å². The molecule has 0 saturated heterocycles. The zero-order chi connectivity index (χ0) is 23.8. The Morgan fingerprint density at radius 2 is 1.67 bits per heavy atom. The third-order valence-corrected chi connectivity index (χ3v) is 8.39. The number of carbonyl (C=O) groups is 1. The maximum atomic E-state index is 13.3. The highest BCUT2D eigenvalue weighted by molar-refractivity contribution is 7.98. The first-order valence-corrected chi connectivity index (χ1v) is 13.6. The summed E-state index contributed by atoms with van der Waals surface area (Å²) in [6.45, 7) is 2.04. The fourth-order valence-electron chi connectivity index (χ4n) is 3.03. The molecule has 3 rings (SSSR count). The Kier molecular flexibility index (Phi) is 9.09. The molecule has 0 unspecified atom stereocenters. The minimum Gasteiger partial charge on any atom is -0.354 e. The van der Waals surface area contributed by atoms with Crippen LogP contribution in [-0.2, 0) is 20.6 Å². The minimum atomic E-state index is -4.04. The molecular weight excluding hydrogens is 499 g/mol. The number of halogens is 2. The van der Waals surface area contributed by atoms with Crippen molar-refractivity contribution in [1.82, 2.24) is 5.32 Å². The summed E-state index contributed by atoms with van der Waals surface area (Å²) < 4.78 is 27.6. The zero-order valence-electron chi connectivity index (χ0n) is 18.0. The van der Waals surface area contributed by atoms with Crippen molar-refractivity contribution < 1.29 is 13.2 Å². The monoisotopic (exact) mass is 522 g/mol. The Hall–Kier alpha value is -2.19. The molecule has 0 aliphatic rings. The molecule has 0 atom stereocenters. The average molecular weight is 524 g/mol. The summed E-state index contributed by atoms with van der Waals surface area (Å²) in [4.78, 5) is 12.7. The smallest absolute Gasteiger partial charge is 0.264 e. The second-order valence-electron chi connectivity index (χ2n) is 7.29. The van der Waals surface area contributed by atoms with Crippen LogP contribution in [0.4, 0.5) is 5.69 Å². The quantitative estimate of drug-likeness (QED) is 0.354. The van der Waals surface area contributed by atoms with Crippen LogP contribution in [0.5, 0.6) is 0 Å². The topological polar surface area (TPSA) is 66.5 Å². The van der Waals surface area contributed by atoms with Crippen molar-refractivity contribution >= 4 is 56.6 Å². The Labute approximate surface area is 209 Å². The summed E-state index contributed by atoms with van der Waals surface area (Å²) >= 11 is 14.1. The molecule has 0 saturated carbocycles. The first kappa shape index (κ1) is 25.4. The van der Waals surface area contributed by atoms with Crippen molar-refractivity contribution in [2.45, 2.75) is 17.6 Å². The maximum Gasteiger partial charge on any atom is 0.264 e. The van der Waals surface area contributed by atoms with Gasteiger partial charge in [0.05, 0.1) is 20.6 Å². The van der Waals surface area contributed by atoms with Gasteiger partial charge in [0, 0.05) is 18.1 Å². The Morgan fingerprint density at radius 3 is 2.36 bits per heavy atom. The third kappa shape index (κ3) is 6.90. The number of carbonyl (C=O) groups excluding carboxylic acids is 1. The fraction of sp³-hybridized carbons (Fsp3) is 0.208. The number of nitrogens with zero attached hydrogens (tertiary/aromatic N) is 1. The lowest BCUT2D eigenvalue weighted by molar-refractivity contribution is -0.119. The van der Waals surface area contributed by atoms with E-state index in [-0.39, 0.29) is 20.6 Å². The molecule has 0 aliphatic carbocycles. The second kappa shape index (κ2) is 11.8. The number of hydrogen-bond acceptors (Lipinski definition) is 4. The van der Waals surface area contributed by atoms with Crippen LogP contribution in [0.1, 0.15) is 11.1 Å². The molecule has 3 aromatic carbocycles. The fourth-order valence-corrected chi connectivity index (χ4v) is 5.75. The predicted octanol–water partition coefficient (Wildman–Crippen LogP) is 5.55. The normalized spacial score (nSPS) is 11.2. The Bertz CT molecular complexity index is 1190. The number of rotatable bonds is 10. The zero-order valence-corrected chi connectivity index (χ0v) is 21.1. The number of aryl methyl sites for hydroxylation is 1.